The van der Waals surface area contributed by atoms with Crippen molar-refractivity contribution in [2.24, 2.45) is 7.05 Å². The highest BCUT2D eigenvalue weighted by Crippen LogP contribution is 2.18. The summed E-state index contributed by atoms with van der Waals surface area (Å²) >= 11 is 0. The summed E-state index contributed by atoms with van der Waals surface area (Å²) in [6.07, 6.45) is 3.17. The van der Waals surface area contributed by atoms with Gasteiger partial charge in [-0.15, -0.1) is 0 Å². The standard InChI is InChI=1S/C16H23N3/c1-5-16(14-8-6-12(2)7-9-14)17-10-15-11-19(4)18-13(15)3/h6-9,11,16-17H,5,10H2,1-4H3. The van der Waals surface area contributed by atoms with E-state index in [-0.39, 0.29) is 0 Å². The molecular weight excluding hydrogens is 234 g/mol. The molecule has 102 valence electrons. The van der Waals surface area contributed by atoms with E-state index in [0.29, 0.717) is 6.04 Å². The van der Waals surface area contributed by atoms with Crippen molar-refractivity contribution in [2.45, 2.75) is 39.8 Å². The van der Waals surface area contributed by atoms with Gasteiger partial charge >= 0.3 is 0 Å². The first-order valence-corrected chi connectivity index (χ1v) is 6.89. The third-order valence-corrected chi connectivity index (χ3v) is 3.54. The predicted octanol–water partition coefficient (Wildman–Crippen LogP) is 3.28. The van der Waals surface area contributed by atoms with Crippen molar-refractivity contribution in [3.05, 3.63) is 52.8 Å². The van der Waals surface area contributed by atoms with Crippen LogP contribution in [-0.4, -0.2) is 9.78 Å². The summed E-state index contributed by atoms with van der Waals surface area (Å²) in [6.45, 7) is 7.26. The van der Waals surface area contributed by atoms with Gasteiger partial charge in [0.2, 0.25) is 0 Å². The molecule has 1 heterocycles. The Morgan fingerprint density at radius 3 is 2.42 bits per heavy atom. The first kappa shape index (κ1) is 13.8. The second kappa shape index (κ2) is 6.02. The average molecular weight is 257 g/mol. The lowest BCUT2D eigenvalue weighted by Crippen LogP contribution is -2.20. The van der Waals surface area contributed by atoms with Gasteiger partial charge in [0.1, 0.15) is 0 Å². The Balaban J connectivity index is 2.03. The molecule has 0 fully saturated rings. The van der Waals surface area contributed by atoms with E-state index in [0.717, 1.165) is 18.7 Å². The van der Waals surface area contributed by atoms with Gasteiger partial charge in [-0.25, -0.2) is 0 Å². The lowest BCUT2D eigenvalue weighted by molar-refractivity contribution is 0.518. The van der Waals surface area contributed by atoms with E-state index in [1.807, 2.05) is 11.7 Å². The Labute approximate surface area is 115 Å². The van der Waals surface area contributed by atoms with Crippen LogP contribution >= 0.6 is 0 Å². The van der Waals surface area contributed by atoms with Crippen LogP contribution in [0.2, 0.25) is 0 Å². The SMILES string of the molecule is CCC(NCc1cn(C)nc1C)c1ccc(C)cc1. The normalized spacial score (nSPS) is 12.6. The quantitative estimate of drug-likeness (QED) is 0.891. The number of hydrogen-bond acceptors (Lipinski definition) is 2. The van der Waals surface area contributed by atoms with Crippen molar-refractivity contribution in [1.82, 2.24) is 15.1 Å². The van der Waals surface area contributed by atoms with Gasteiger partial charge in [-0.05, 0) is 25.8 Å². The Morgan fingerprint density at radius 2 is 1.89 bits per heavy atom. The molecule has 1 aromatic heterocycles. The molecule has 0 aliphatic rings. The molecule has 0 saturated carbocycles. The summed E-state index contributed by atoms with van der Waals surface area (Å²) in [6, 6.07) is 9.18. The van der Waals surface area contributed by atoms with E-state index in [1.54, 1.807) is 0 Å². The molecule has 0 bridgehead atoms. The highest BCUT2D eigenvalue weighted by Gasteiger charge is 2.10. The second-order valence-electron chi connectivity index (χ2n) is 5.17. The van der Waals surface area contributed by atoms with Crippen molar-refractivity contribution in [2.75, 3.05) is 0 Å². The maximum atomic E-state index is 4.38. The van der Waals surface area contributed by atoms with Gasteiger partial charge in [0.25, 0.3) is 0 Å². The molecule has 19 heavy (non-hydrogen) atoms. The minimum Gasteiger partial charge on any atom is -0.306 e. The third-order valence-electron chi connectivity index (χ3n) is 3.54. The van der Waals surface area contributed by atoms with E-state index in [4.69, 9.17) is 0 Å². The Morgan fingerprint density at radius 1 is 1.21 bits per heavy atom. The summed E-state index contributed by atoms with van der Waals surface area (Å²) in [4.78, 5) is 0. The van der Waals surface area contributed by atoms with E-state index < -0.39 is 0 Å². The largest absolute Gasteiger partial charge is 0.306 e. The van der Waals surface area contributed by atoms with Crippen LogP contribution in [0.15, 0.2) is 30.5 Å². The molecule has 3 nitrogen and oxygen atoms in total. The first-order chi connectivity index (χ1) is 9.10. The lowest BCUT2D eigenvalue weighted by Gasteiger charge is -2.17. The molecule has 0 saturated heterocycles. The molecule has 2 rings (SSSR count). The van der Waals surface area contributed by atoms with Crippen molar-refractivity contribution in [3.8, 4) is 0 Å². The topological polar surface area (TPSA) is 29.9 Å². The zero-order chi connectivity index (χ0) is 13.8. The van der Waals surface area contributed by atoms with Crippen LogP contribution in [-0.2, 0) is 13.6 Å². The Hall–Kier alpha value is -1.61. The molecule has 0 aliphatic heterocycles. The zero-order valence-electron chi connectivity index (χ0n) is 12.3. The molecule has 3 heteroatoms. The van der Waals surface area contributed by atoms with Crippen LogP contribution in [0.25, 0.3) is 0 Å². The summed E-state index contributed by atoms with van der Waals surface area (Å²) in [5, 5.41) is 8.00. The van der Waals surface area contributed by atoms with Crippen molar-refractivity contribution in [1.29, 1.82) is 0 Å². The van der Waals surface area contributed by atoms with Gasteiger partial charge in [-0.1, -0.05) is 36.8 Å². The van der Waals surface area contributed by atoms with Crippen molar-refractivity contribution < 1.29 is 0 Å². The molecular formula is C16H23N3. The maximum Gasteiger partial charge on any atom is 0.0638 e. The molecule has 1 unspecified atom stereocenters. The smallest absolute Gasteiger partial charge is 0.0638 e. The van der Waals surface area contributed by atoms with E-state index >= 15 is 0 Å². The predicted molar refractivity (Wildman–Crippen MR) is 79.0 cm³/mol. The fourth-order valence-electron chi connectivity index (χ4n) is 2.35. The second-order valence-corrected chi connectivity index (χ2v) is 5.17. The van der Waals surface area contributed by atoms with E-state index in [2.05, 4.69) is 61.6 Å². The summed E-state index contributed by atoms with van der Waals surface area (Å²) in [5.41, 5.74) is 5.04. The molecule has 0 spiro atoms. The summed E-state index contributed by atoms with van der Waals surface area (Å²) in [7, 11) is 1.97. The monoisotopic (exact) mass is 257 g/mol. The van der Waals surface area contributed by atoms with Gasteiger partial charge in [-0.2, -0.15) is 5.10 Å². The number of benzene rings is 1. The lowest BCUT2D eigenvalue weighted by atomic mass is 10.0. The van der Waals surface area contributed by atoms with Gasteiger partial charge in [0.05, 0.1) is 5.69 Å². The number of aromatic nitrogens is 2. The summed E-state index contributed by atoms with van der Waals surface area (Å²) in [5.74, 6) is 0. The minimum atomic E-state index is 0.403. The zero-order valence-corrected chi connectivity index (χ0v) is 12.3. The number of nitrogens with one attached hydrogen (secondary N) is 1. The molecule has 1 atom stereocenters. The molecule has 1 N–H and O–H groups in total. The van der Waals surface area contributed by atoms with Gasteiger partial charge < -0.3 is 5.32 Å². The van der Waals surface area contributed by atoms with Crippen LogP contribution in [0.4, 0.5) is 0 Å². The Bertz CT molecular complexity index is 525. The van der Waals surface area contributed by atoms with Crippen LogP contribution in [0, 0.1) is 13.8 Å². The van der Waals surface area contributed by atoms with Crippen molar-refractivity contribution >= 4 is 0 Å². The van der Waals surface area contributed by atoms with Gasteiger partial charge in [-0.3, -0.25) is 4.68 Å². The number of rotatable bonds is 5. The Kier molecular flexibility index (Phi) is 4.38. The fourth-order valence-corrected chi connectivity index (χ4v) is 2.35. The minimum absolute atomic E-state index is 0.403. The van der Waals surface area contributed by atoms with Crippen LogP contribution in [0.1, 0.15) is 41.8 Å². The highest BCUT2D eigenvalue weighted by atomic mass is 15.2. The highest BCUT2D eigenvalue weighted by molar-refractivity contribution is 5.24. The molecule has 0 amide bonds. The van der Waals surface area contributed by atoms with Gasteiger partial charge in [0.15, 0.2) is 0 Å². The third kappa shape index (κ3) is 3.44. The molecule has 0 aliphatic carbocycles. The number of aryl methyl sites for hydroxylation is 3. The molecule has 2 aromatic rings. The average Bonchev–Trinajstić information content (AvgIpc) is 2.71. The number of nitrogens with zero attached hydrogens (tertiary/aromatic N) is 2. The van der Waals surface area contributed by atoms with Crippen LogP contribution in [0.5, 0.6) is 0 Å². The maximum absolute atomic E-state index is 4.38. The first-order valence-electron chi connectivity index (χ1n) is 6.89. The van der Waals surface area contributed by atoms with Crippen LogP contribution in [0.3, 0.4) is 0 Å². The van der Waals surface area contributed by atoms with Crippen LogP contribution < -0.4 is 5.32 Å². The van der Waals surface area contributed by atoms with E-state index in [1.165, 1.54) is 16.7 Å². The van der Waals surface area contributed by atoms with Crippen molar-refractivity contribution in [3.63, 3.8) is 0 Å². The van der Waals surface area contributed by atoms with E-state index in [9.17, 15) is 0 Å². The fraction of sp³-hybridized carbons (Fsp3) is 0.438. The molecule has 0 radical (unpaired) electrons. The van der Waals surface area contributed by atoms with Gasteiger partial charge in [0, 0.05) is 31.4 Å². The summed E-state index contributed by atoms with van der Waals surface area (Å²) < 4.78 is 1.87. The molecule has 1 aromatic carbocycles. The number of hydrogen-bond donors (Lipinski definition) is 1.